The van der Waals surface area contributed by atoms with Crippen molar-refractivity contribution < 1.29 is 9.18 Å². The minimum atomic E-state index is -0.451. The number of imidazole rings is 1. The van der Waals surface area contributed by atoms with Gasteiger partial charge in [-0.2, -0.15) is 0 Å². The van der Waals surface area contributed by atoms with Crippen LogP contribution >= 0.6 is 0 Å². The number of aromatic nitrogens is 4. The molecule has 2 N–H and O–H groups in total. The second-order valence-corrected chi connectivity index (χ2v) is 15.7. The Morgan fingerprint density at radius 2 is 1.86 bits per heavy atom. The van der Waals surface area contributed by atoms with Gasteiger partial charge in [0.2, 0.25) is 5.91 Å². The van der Waals surface area contributed by atoms with Crippen LogP contribution in [0.15, 0.2) is 49.1 Å². The first-order valence-corrected chi connectivity index (χ1v) is 18.9. The zero-order valence-corrected chi connectivity index (χ0v) is 31.2. The second-order valence-electron chi connectivity index (χ2n) is 15.7. The molecule has 1 amide bonds. The molecule has 268 valence electrons. The number of nitrogens with zero attached hydrogens (tertiary/aromatic N) is 5. The van der Waals surface area contributed by atoms with Crippen LogP contribution in [-0.2, 0) is 10.2 Å². The van der Waals surface area contributed by atoms with Crippen molar-refractivity contribution in [2.75, 3.05) is 23.3 Å². The summed E-state index contributed by atoms with van der Waals surface area (Å²) in [5.41, 5.74) is 5.85. The molecule has 2 aliphatic heterocycles. The van der Waals surface area contributed by atoms with Gasteiger partial charge in [0.1, 0.15) is 5.52 Å². The van der Waals surface area contributed by atoms with Gasteiger partial charge in [0.15, 0.2) is 11.6 Å². The number of halogens is 1. The van der Waals surface area contributed by atoms with Crippen molar-refractivity contribution >= 4 is 34.1 Å². The van der Waals surface area contributed by atoms with E-state index in [4.69, 9.17) is 9.97 Å². The normalized spacial score (nSPS) is 19.8. The van der Waals surface area contributed by atoms with Gasteiger partial charge in [-0.05, 0) is 94.1 Å². The number of rotatable bonds is 10. The van der Waals surface area contributed by atoms with Crippen LogP contribution < -0.4 is 15.5 Å². The lowest BCUT2D eigenvalue weighted by Crippen LogP contribution is -2.52. The molecular weight excluding hydrogens is 625 g/mol. The Kier molecular flexibility index (Phi) is 10.6. The summed E-state index contributed by atoms with van der Waals surface area (Å²) in [4.78, 5) is 29.9. The molecule has 50 heavy (non-hydrogen) atoms. The zero-order chi connectivity index (χ0) is 35.6. The lowest BCUT2D eigenvalue weighted by Gasteiger charge is -2.42. The summed E-state index contributed by atoms with van der Waals surface area (Å²) in [5.74, 6) is 1.03. The average molecular weight is 682 g/mol. The third kappa shape index (κ3) is 6.90. The molecule has 1 saturated carbocycles. The Bertz CT molecular complexity index is 1800. The van der Waals surface area contributed by atoms with Crippen LogP contribution in [0.25, 0.3) is 22.3 Å². The smallest absolute Gasteiger partial charge is 0.238 e. The van der Waals surface area contributed by atoms with E-state index in [1.54, 1.807) is 18.6 Å². The molecule has 0 bridgehead atoms. The van der Waals surface area contributed by atoms with Gasteiger partial charge < -0.3 is 20.1 Å². The summed E-state index contributed by atoms with van der Waals surface area (Å²) in [6.45, 7) is 17.3. The number of nitrogens with one attached hydrogen (secondary N) is 2. The van der Waals surface area contributed by atoms with E-state index in [0.29, 0.717) is 22.8 Å². The van der Waals surface area contributed by atoms with E-state index < -0.39 is 11.2 Å². The van der Waals surface area contributed by atoms with Crippen LogP contribution in [0.5, 0.6) is 0 Å². The largest absolute Gasteiger partial charge is 0.336 e. The van der Waals surface area contributed by atoms with E-state index in [1.807, 2.05) is 10.6 Å². The minimum Gasteiger partial charge on any atom is -0.336 e. The summed E-state index contributed by atoms with van der Waals surface area (Å²) in [7, 11) is 0. The Labute approximate surface area is 297 Å². The molecule has 9 heteroatoms. The van der Waals surface area contributed by atoms with Crippen molar-refractivity contribution in [2.24, 2.45) is 11.3 Å². The molecular formula is C41H56FN7O. The number of hydrogen-bond acceptors (Lipinski definition) is 6. The number of hydrogen-bond donors (Lipinski definition) is 2. The topological polar surface area (TPSA) is 88.0 Å². The number of unbranched alkanes of at least 4 members (excludes halogenated alkanes) is 1. The van der Waals surface area contributed by atoms with Crippen molar-refractivity contribution in [2.45, 2.75) is 124 Å². The van der Waals surface area contributed by atoms with E-state index in [1.165, 1.54) is 31.9 Å². The molecule has 0 atom stereocenters. The van der Waals surface area contributed by atoms with Crippen LogP contribution in [-0.4, -0.2) is 44.6 Å². The van der Waals surface area contributed by atoms with Gasteiger partial charge in [-0.1, -0.05) is 72.4 Å². The quantitative estimate of drug-likeness (QED) is 0.173. The molecule has 5 heterocycles. The van der Waals surface area contributed by atoms with E-state index in [-0.39, 0.29) is 18.0 Å². The average Bonchev–Trinajstić information content (AvgIpc) is 3.63. The third-order valence-electron chi connectivity index (χ3n) is 11.6. The van der Waals surface area contributed by atoms with Gasteiger partial charge in [-0.3, -0.25) is 9.78 Å². The lowest BCUT2D eigenvalue weighted by molar-refractivity contribution is -0.125. The van der Waals surface area contributed by atoms with Crippen molar-refractivity contribution in [3.63, 3.8) is 0 Å². The van der Waals surface area contributed by atoms with E-state index in [2.05, 4.69) is 87.2 Å². The molecule has 0 radical (unpaired) electrons. The van der Waals surface area contributed by atoms with Crippen molar-refractivity contribution in [3.05, 3.63) is 60.4 Å². The molecule has 0 unspecified atom stereocenters. The summed E-state index contributed by atoms with van der Waals surface area (Å²) in [6.07, 6.45) is 14.9. The first-order chi connectivity index (χ1) is 24.0. The molecule has 2 fully saturated rings. The number of benzene rings is 1. The van der Waals surface area contributed by atoms with Crippen molar-refractivity contribution in [1.29, 1.82) is 0 Å². The Morgan fingerprint density at radius 3 is 2.52 bits per heavy atom. The van der Waals surface area contributed by atoms with Gasteiger partial charge in [0, 0.05) is 29.5 Å². The molecule has 1 spiro atoms. The van der Waals surface area contributed by atoms with Crippen LogP contribution in [0.2, 0.25) is 0 Å². The fraction of sp³-hybridized carbons (Fsp3) is 0.561. The van der Waals surface area contributed by atoms with E-state index in [9.17, 15) is 9.18 Å². The minimum absolute atomic E-state index is 0.144. The highest BCUT2D eigenvalue weighted by molar-refractivity contribution is 6.09. The highest BCUT2D eigenvalue weighted by atomic mass is 19.1. The van der Waals surface area contributed by atoms with Crippen LogP contribution in [0.3, 0.4) is 0 Å². The summed E-state index contributed by atoms with van der Waals surface area (Å²) in [6, 6.07) is 10.4. The van der Waals surface area contributed by atoms with Gasteiger partial charge >= 0.3 is 0 Å². The second kappa shape index (κ2) is 14.8. The Morgan fingerprint density at radius 1 is 1.10 bits per heavy atom. The van der Waals surface area contributed by atoms with Gasteiger partial charge in [-0.15, -0.1) is 0 Å². The fourth-order valence-electron chi connectivity index (χ4n) is 7.82. The van der Waals surface area contributed by atoms with Crippen molar-refractivity contribution in [3.8, 4) is 11.3 Å². The zero-order valence-electron chi connectivity index (χ0n) is 31.2. The molecule has 1 saturated heterocycles. The maximum Gasteiger partial charge on any atom is 0.238 e. The first kappa shape index (κ1) is 36.0. The van der Waals surface area contributed by atoms with Gasteiger partial charge in [-0.25, -0.2) is 14.4 Å². The lowest BCUT2D eigenvalue weighted by atomic mass is 9.73. The number of amides is 1. The highest BCUT2D eigenvalue weighted by Gasteiger charge is 2.54. The Hall–Kier alpha value is -3.85. The fourth-order valence-corrected chi connectivity index (χ4v) is 7.82. The standard InChI is InChI=1S/C32H36FN7O.C9H20/c1-4-20-13-22(14-20)40-28-15-21(5-6-23(28)32(31(40)41)8-11-34-12-9-32)26-16-27-29(39(18-36-27)19(2)3)30(38-26)37-25-7-10-35-17-24(25)33;1-5-7-8-9(3,4)6-2/h5-7,10,15-20,22,34H,4,8-9,11-14H2,1-3H3,(H,35,37,38);5-8H2,1-4H3. The van der Waals surface area contributed by atoms with Crippen LogP contribution in [0, 0.1) is 17.2 Å². The Balaban J connectivity index is 0.000000426. The number of fused-ring (bicyclic) bond motifs is 3. The van der Waals surface area contributed by atoms with Gasteiger partial charge in [0.05, 0.1) is 34.8 Å². The molecule has 1 aliphatic carbocycles. The van der Waals surface area contributed by atoms with Crippen molar-refractivity contribution in [1.82, 2.24) is 24.8 Å². The monoisotopic (exact) mass is 681 g/mol. The molecule has 4 aromatic rings. The predicted octanol–water partition coefficient (Wildman–Crippen LogP) is 9.73. The van der Waals surface area contributed by atoms with Crippen LogP contribution in [0.1, 0.15) is 118 Å². The number of anilines is 3. The number of carbonyl (C=O) groups excluding carboxylic acids is 1. The maximum atomic E-state index is 14.6. The molecule has 3 aliphatic rings. The molecule has 1 aromatic carbocycles. The summed E-state index contributed by atoms with van der Waals surface area (Å²) >= 11 is 0. The number of pyridine rings is 2. The van der Waals surface area contributed by atoms with E-state index >= 15 is 0 Å². The number of carbonyl (C=O) groups is 1. The van der Waals surface area contributed by atoms with Crippen LogP contribution in [0.4, 0.5) is 21.6 Å². The third-order valence-corrected chi connectivity index (χ3v) is 11.6. The highest BCUT2D eigenvalue weighted by Crippen LogP contribution is 2.52. The molecule has 8 nitrogen and oxygen atoms in total. The van der Waals surface area contributed by atoms with Gasteiger partial charge in [0.25, 0.3) is 0 Å². The SMILES string of the molecule is CCC1CC(N2C(=O)C3(CCNCC3)c3ccc(-c4cc5ncn(C(C)C)c5c(Nc5ccncc5F)n4)cc32)C1.CCCCC(C)(C)CC. The van der Waals surface area contributed by atoms with E-state index in [0.717, 1.165) is 78.7 Å². The summed E-state index contributed by atoms with van der Waals surface area (Å²) < 4.78 is 16.7. The first-order valence-electron chi connectivity index (χ1n) is 18.9. The molecule has 7 rings (SSSR count). The molecule has 3 aromatic heterocycles. The number of piperidine rings is 1. The maximum absolute atomic E-state index is 14.6. The predicted molar refractivity (Wildman–Crippen MR) is 202 cm³/mol. The summed E-state index contributed by atoms with van der Waals surface area (Å²) in [5, 5.41) is 6.65.